The lowest BCUT2D eigenvalue weighted by Gasteiger charge is -2.07. The van der Waals surface area contributed by atoms with Crippen molar-refractivity contribution in [3.63, 3.8) is 0 Å². The number of hydrogen-bond donors (Lipinski definition) is 0. The highest BCUT2D eigenvalue weighted by atomic mass is 32.2. The predicted molar refractivity (Wildman–Crippen MR) is 77.9 cm³/mol. The minimum Gasteiger partial charge on any atom is -0.458 e. The SMILES string of the molecule is C=C(C)/C=C\C(=C/C)Oc1ccc(S(C)(=O)=O)cc1. The van der Waals surface area contributed by atoms with Crippen molar-refractivity contribution in [1.29, 1.82) is 0 Å². The van der Waals surface area contributed by atoms with Gasteiger partial charge in [0.15, 0.2) is 9.84 Å². The average molecular weight is 278 g/mol. The minimum atomic E-state index is -3.17. The molecule has 3 nitrogen and oxygen atoms in total. The van der Waals surface area contributed by atoms with Crippen LogP contribution in [0, 0.1) is 0 Å². The van der Waals surface area contributed by atoms with Gasteiger partial charge in [-0.1, -0.05) is 18.2 Å². The van der Waals surface area contributed by atoms with Crippen LogP contribution in [0.15, 0.2) is 65.3 Å². The molecule has 102 valence electrons. The van der Waals surface area contributed by atoms with Crippen molar-refractivity contribution >= 4 is 9.84 Å². The second-order valence-electron chi connectivity index (χ2n) is 4.22. The van der Waals surface area contributed by atoms with Gasteiger partial charge < -0.3 is 4.74 Å². The van der Waals surface area contributed by atoms with Crippen LogP contribution in [0.5, 0.6) is 5.75 Å². The first-order chi connectivity index (χ1) is 8.82. The predicted octanol–water partition coefficient (Wildman–Crippen LogP) is 3.51. The van der Waals surface area contributed by atoms with Gasteiger partial charge in [0, 0.05) is 6.26 Å². The van der Waals surface area contributed by atoms with Gasteiger partial charge in [0.2, 0.25) is 0 Å². The second kappa shape index (κ2) is 6.38. The van der Waals surface area contributed by atoms with E-state index in [1.54, 1.807) is 12.1 Å². The third-order valence-corrected chi connectivity index (χ3v) is 3.43. The average Bonchev–Trinajstić information content (AvgIpc) is 2.33. The molecule has 1 aromatic carbocycles. The van der Waals surface area contributed by atoms with Gasteiger partial charge in [-0.15, -0.1) is 0 Å². The van der Waals surface area contributed by atoms with E-state index in [4.69, 9.17) is 4.74 Å². The summed E-state index contributed by atoms with van der Waals surface area (Å²) in [7, 11) is -3.17. The summed E-state index contributed by atoms with van der Waals surface area (Å²) in [6, 6.07) is 6.32. The lowest BCUT2D eigenvalue weighted by molar-refractivity contribution is 0.443. The van der Waals surface area contributed by atoms with Crippen molar-refractivity contribution in [2.75, 3.05) is 6.26 Å². The Balaban J connectivity index is 2.86. The number of sulfone groups is 1. The van der Waals surface area contributed by atoms with Crippen molar-refractivity contribution in [3.05, 3.63) is 60.4 Å². The standard InChI is InChI=1S/C15H18O3S/c1-5-13(7-6-12(2)3)18-14-8-10-15(11-9-14)19(4,16)17/h5-11H,2H2,1,3-4H3/b7-6-,13-5+. The van der Waals surface area contributed by atoms with Crippen LogP contribution in [0.1, 0.15) is 13.8 Å². The summed E-state index contributed by atoms with van der Waals surface area (Å²) in [4.78, 5) is 0.277. The molecule has 0 N–H and O–H groups in total. The Hall–Kier alpha value is -1.81. The molecule has 0 aliphatic heterocycles. The first-order valence-electron chi connectivity index (χ1n) is 5.81. The molecule has 0 heterocycles. The van der Waals surface area contributed by atoms with Gasteiger partial charge in [0.1, 0.15) is 11.5 Å². The highest BCUT2D eigenvalue weighted by Crippen LogP contribution is 2.18. The van der Waals surface area contributed by atoms with Crippen molar-refractivity contribution in [2.45, 2.75) is 18.7 Å². The molecule has 0 spiro atoms. The Morgan fingerprint density at radius 1 is 1.21 bits per heavy atom. The number of ether oxygens (including phenoxy) is 1. The molecule has 0 amide bonds. The van der Waals surface area contributed by atoms with Gasteiger partial charge in [-0.25, -0.2) is 8.42 Å². The number of allylic oxidation sites excluding steroid dienone is 4. The quantitative estimate of drug-likeness (QED) is 0.611. The maximum absolute atomic E-state index is 11.3. The summed E-state index contributed by atoms with van der Waals surface area (Å²) in [5, 5.41) is 0. The van der Waals surface area contributed by atoms with Gasteiger partial charge in [-0.3, -0.25) is 0 Å². The van der Waals surface area contributed by atoms with Gasteiger partial charge in [0.05, 0.1) is 4.90 Å². The molecule has 0 aliphatic carbocycles. The molecule has 1 aromatic rings. The summed E-state index contributed by atoms with van der Waals surface area (Å²) in [5.74, 6) is 1.27. The van der Waals surface area contributed by atoms with Crippen LogP contribution in [0.2, 0.25) is 0 Å². The highest BCUT2D eigenvalue weighted by Gasteiger charge is 2.06. The fourth-order valence-electron chi connectivity index (χ4n) is 1.30. The molecular formula is C15H18O3S. The Morgan fingerprint density at radius 2 is 1.79 bits per heavy atom. The fraction of sp³-hybridized carbons (Fsp3) is 0.200. The first kappa shape index (κ1) is 15.2. The number of rotatable bonds is 5. The van der Waals surface area contributed by atoms with E-state index in [9.17, 15) is 8.42 Å². The summed E-state index contributed by atoms with van der Waals surface area (Å²) in [5.41, 5.74) is 0.926. The summed E-state index contributed by atoms with van der Waals surface area (Å²) in [6.07, 6.45) is 6.66. The van der Waals surface area contributed by atoms with E-state index in [1.165, 1.54) is 18.4 Å². The second-order valence-corrected chi connectivity index (χ2v) is 6.23. The number of benzene rings is 1. The van der Waals surface area contributed by atoms with Crippen LogP contribution in [-0.2, 0) is 9.84 Å². The zero-order chi connectivity index (χ0) is 14.5. The molecular weight excluding hydrogens is 260 g/mol. The smallest absolute Gasteiger partial charge is 0.175 e. The summed E-state index contributed by atoms with van der Waals surface area (Å²) >= 11 is 0. The lowest BCUT2D eigenvalue weighted by atomic mass is 10.3. The molecule has 0 fully saturated rings. The molecule has 0 unspecified atom stereocenters. The van der Waals surface area contributed by atoms with Crippen molar-refractivity contribution in [2.24, 2.45) is 0 Å². The largest absolute Gasteiger partial charge is 0.458 e. The first-order valence-corrected chi connectivity index (χ1v) is 7.70. The van der Waals surface area contributed by atoms with Crippen LogP contribution >= 0.6 is 0 Å². The van der Waals surface area contributed by atoms with E-state index in [1.807, 2.05) is 32.1 Å². The van der Waals surface area contributed by atoms with Gasteiger partial charge in [0.25, 0.3) is 0 Å². The third kappa shape index (κ3) is 5.14. The molecule has 1 rings (SSSR count). The number of hydrogen-bond acceptors (Lipinski definition) is 3. The van der Waals surface area contributed by atoms with Crippen molar-refractivity contribution < 1.29 is 13.2 Å². The Kier molecular flexibility index (Phi) is 5.12. The van der Waals surface area contributed by atoms with E-state index >= 15 is 0 Å². The van der Waals surface area contributed by atoms with Crippen LogP contribution in [0.25, 0.3) is 0 Å². The van der Waals surface area contributed by atoms with E-state index < -0.39 is 9.84 Å². The summed E-state index contributed by atoms with van der Waals surface area (Å²) < 4.78 is 28.3. The normalized spacial score (nSPS) is 12.7. The topological polar surface area (TPSA) is 43.4 Å². The molecule has 19 heavy (non-hydrogen) atoms. The van der Waals surface area contributed by atoms with Crippen LogP contribution in [0.3, 0.4) is 0 Å². The van der Waals surface area contributed by atoms with E-state index in [0.717, 1.165) is 5.57 Å². The molecule has 0 bridgehead atoms. The zero-order valence-electron chi connectivity index (χ0n) is 11.4. The van der Waals surface area contributed by atoms with Crippen LogP contribution in [-0.4, -0.2) is 14.7 Å². The maximum Gasteiger partial charge on any atom is 0.175 e. The molecule has 0 saturated heterocycles. The molecule has 0 saturated carbocycles. The third-order valence-electron chi connectivity index (χ3n) is 2.30. The monoisotopic (exact) mass is 278 g/mol. The van der Waals surface area contributed by atoms with Crippen LogP contribution < -0.4 is 4.74 Å². The van der Waals surface area contributed by atoms with Gasteiger partial charge >= 0.3 is 0 Å². The molecule has 0 aliphatic rings. The lowest BCUT2D eigenvalue weighted by Crippen LogP contribution is -1.97. The Morgan fingerprint density at radius 3 is 2.21 bits per heavy atom. The van der Waals surface area contributed by atoms with Crippen molar-refractivity contribution in [1.82, 2.24) is 0 Å². The van der Waals surface area contributed by atoms with Crippen LogP contribution in [0.4, 0.5) is 0 Å². The van der Waals surface area contributed by atoms with Gasteiger partial charge in [-0.05, 0) is 50.3 Å². The maximum atomic E-state index is 11.3. The van der Waals surface area contributed by atoms with Crippen molar-refractivity contribution in [3.8, 4) is 5.75 Å². The summed E-state index contributed by atoms with van der Waals surface area (Å²) in [6.45, 7) is 7.53. The highest BCUT2D eigenvalue weighted by molar-refractivity contribution is 7.90. The fourth-order valence-corrected chi connectivity index (χ4v) is 1.93. The van der Waals surface area contributed by atoms with Gasteiger partial charge in [-0.2, -0.15) is 0 Å². The minimum absolute atomic E-state index is 0.277. The van der Waals surface area contributed by atoms with E-state index in [0.29, 0.717) is 11.5 Å². The van der Waals surface area contributed by atoms with E-state index in [2.05, 4.69) is 6.58 Å². The molecule has 4 heteroatoms. The molecule has 0 radical (unpaired) electrons. The van der Waals surface area contributed by atoms with E-state index in [-0.39, 0.29) is 4.90 Å². The zero-order valence-corrected chi connectivity index (χ0v) is 12.2. The Bertz CT molecular complexity index is 605. The molecule has 0 aromatic heterocycles. The Labute approximate surface area is 114 Å². The molecule has 0 atom stereocenters.